The number of hydrogen-bond acceptors (Lipinski definition) is 2. The first-order valence-electron chi connectivity index (χ1n) is 12.1. The van der Waals surface area contributed by atoms with Crippen LogP contribution in [-0.2, 0) is 5.54 Å². The van der Waals surface area contributed by atoms with Crippen molar-refractivity contribution in [3.63, 3.8) is 0 Å². The van der Waals surface area contributed by atoms with Crippen molar-refractivity contribution in [2.45, 2.75) is 79.2 Å². The van der Waals surface area contributed by atoms with Crippen molar-refractivity contribution >= 4 is 5.83 Å². The predicted octanol–water partition coefficient (Wildman–Crippen LogP) is 8.32. The highest BCUT2D eigenvalue weighted by molar-refractivity contribution is 5.70. The molecule has 0 aliphatic heterocycles. The van der Waals surface area contributed by atoms with Crippen molar-refractivity contribution < 1.29 is 4.39 Å². The zero-order valence-corrected chi connectivity index (χ0v) is 21.8. The molecule has 0 bridgehead atoms. The van der Waals surface area contributed by atoms with Crippen molar-refractivity contribution in [3.05, 3.63) is 88.3 Å². The molecular weight excluding hydrogens is 407 g/mol. The number of nitrogens with zero attached hydrogens (tertiary/aromatic N) is 1. The molecule has 180 valence electrons. The van der Waals surface area contributed by atoms with Crippen LogP contribution in [0.25, 0.3) is 5.83 Å². The summed E-state index contributed by atoms with van der Waals surface area (Å²) >= 11 is 0. The van der Waals surface area contributed by atoms with E-state index in [0.29, 0.717) is 5.56 Å². The smallest absolute Gasteiger partial charge is 0.134 e. The topological polar surface area (TPSA) is 29.3 Å². The van der Waals surface area contributed by atoms with Crippen LogP contribution in [0, 0.1) is 12.8 Å². The molecule has 1 aliphatic carbocycles. The van der Waals surface area contributed by atoms with Gasteiger partial charge in [0.1, 0.15) is 11.4 Å². The molecule has 33 heavy (non-hydrogen) atoms. The summed E-state index contributed by atoms with van der Waals surface area (Å²) in [5.41, 5.74) is 13.0. The van der Waals surface area contributed by atoms with Crippen LogP contribution in [0.5, 0.6) is 0 Å². The van der Waals surface area contributed by atoms with Gasteiger partial charge in [-0.1, -0.05) is 62.3 Å². The fourth-order valence-electron chi connectivity index (χ4n) is 4.60. The lowest BCUT2D eigenvalue weighted by Crippen LogP contribution is -2.45. The summed E-state index contributed by atoms with van der Waals surface area (Å²) < 4.78 is 16.0. The molecule has 1 unspecified atom stereocenters. The molecule has 1 aliphatic rings. The number of hydrogen-bond donors (Lipinski definition) is 1. The van der Waals surface area contributed by atoms with Crippen molar-refractivity contribution in [2.24, 2.45) is 11.7 Å². The number of likely N-dealkylation sites (N-methyl/N-ethyl adjacent to an activating group) is 1. The Labute approximate surface area is 201 Å². The van der Waals surface area contributed by atoms with Crippen LogP contribution in [-0.4, -0.2) is 11.9 Å². The molecule has 1 atom stereocenters. The van der Waals surface area contributed by atoms with E-state index in [2.05, 4.69) is 13.2 Å². The van der Waals surface area contributed by atoms with Crippen LogP contribution in [0.15, 0.2) is 71.6 Å². The Kier molecular flexibility index (Phi) is 9.08. The minimum Gasteiger partial charge on any atom is -0.351 e. The first kappa shape index (κ1) is 26.9. The van der Waals surface area contributed by atoms with E-state index in [9.17, 15) is 0 Å². The Balaban J connectivity index is 2.65. The third-order valence-corrected chi connectivity index (χ3v) is 7.40. The normalized spacial score (nSPS) is 17.7. The minimum atomic E-state index is -0.907. The highest BCUT2D eigenvalue weighted by atomic mass is 19.1. The van der Waals surface area contributed by atoms with Gasteiger partial charge in [-0.15, -0.1) is 0 Å². The van der Waals surface area contributed by atoms with Gasteiger partial charge in [-0.25, -0.2) is 4.39 Å². The summed E-state index contributed by atoms with van der Waals surface area (Å²) in [6.45, 7) is 20.0. The molecule has 0 amide bonds. The van der Waals surface area contributed by atoms with Crippen molar-refractivity contribution in [1.82, 2.24) is 4.90 Å². The molecule has 1 aromatic rings. The summed E-state index contributed by atoms with van der Waals surface area (Å²) in [6, 6.07) is 5.92. The van der Waals surface area contributed by atoms with Gasteiger partial charge in [0.05, 0.1) is 0 Å². The van der Waals surface area contributed by atoms with Gasteiger partial charge in [0.25, 0.3) is 0 Å². The summed E-state index contributed by atoms with van der Waals surface area (Å²) in [7, 11) is 1.97. The number of aryl methyl sites for hydroxylation is 1. The average Bonchev–Trinajstić information content (AvgIpc) is 2.74. The van der Waals surface area contributed by atoms with Crippen molar-refractivity contribution in [1.29, 1.82) is 0 Å². The molecule has 3 heteroatoms. The van der Waals surface area contributed by atoms with Gasteiger partial charge in [-0.05, 0) is 88.6 Å². The Bertz CT molecular complexity index is 991. The first-order valence-corrected chi connectivity index (χ1v) is 12.1. The summed E-state index contributed by atoms with van der Waals surface area (Å²) in [5, 5.41) is 0. The number of rotatable bonds is 10. The Morgan fingerprint density at radius 3 is 2.27 bits per heavy atom. The number of nitrogens with two attached hydrogens (primary N) is 1. The van der Waals surface area contributed by atoms with Crippen LogP contribution in [0.1, 0.15) is 83.4 Å². The molecule has 2 N–H and O–H groups in total. The predicted molar refractivity (Wildman–Crippen MR) is 142 cm³/mol. The molecule has 0 aromatic heterocycles. The molecule has 0 saturated heterocycles. The number of benzene rings is 1. The van der Waals surface area contributed by atoms with E-state index in [1.165, 1.54) is 19.3 Å². The highest BCUT2D eigenvalue weighted by Gasteiger charge is 2.36. The second-order valence-electron chi connectivity index (χ2n) is 9.69. The molecule has 1 saturated carbocycles. The van der Waals surface area contributed by atoms with Crippen LogP contribution in [0.4, 0.5) is 4.39 Å². The lowest BCUT2D eigenvalue weighted by Gasteiger charge is -2.39. The van der Waals surface area contributed by atoms with Crippen molar-refractivity contribution in [3.8, 4) is 0 Å². The second-order valence-corrected chi connectivity index (χ2v) is 9.69. The molecule has 2 rings (SSSR count). The van der Waals surface area contributed by atoms with Crippen LogP contribution < -0.4 is 5.73 Å². The maximum atomic E-state index is 16.0. The Hall–Kier alpha value is -2.39. The van der Waals surface area contributed by atoms with E-state index in [4.69, 9.17) is 5.73 Å². The van der Waals surface area contributed by atoms with Gasteiger partial charge in [0.2, 0.25) is 0 Å². The molecule has 0 spiro atoms. The van der Waals surface area contributed by atoms with E-state index in [-0.39, 0.29) is 5.83 Å². The standard InChI is InChI=1S/C30H43FN2/c1-10-23(8)30(32,28(11-2)33(9)21(5)6)25-17-15-22(7)27(19-25)29(31)26(20(3)4)18-16-24-13-12-14-24/h10-11,15,17,19,24H,3,5,12-14,16,18,32H2,1-2,4,6-9H3/b23-10+,28-11-,29-26+. The zero-order valence-electron chi connectivity index (χ0n) is 21.8. The molecule has 1 aromatic carbocycles. The maximum Gasteiger partial charge on any atom is 0.134 e. The lowest BCUT2D eigenvalue weighted by atomic mass is 9.78. The highest BCUT2D eigenvalue weighted by Crippen LogP contribution is 2.40. The second kappa shape index (κ2) is 11.2. The van der Waals surface area contributed by atoms with Gasteiger partial charge in [0, 0.05) is 24.0 Å². The number of halogens is 1. The first-order chi connectivity index (χ1) is 15.5. The van der Waals surface area contributed by atoms with E-state index < -0.39 is 5.54 Å². The van der Waals surface area contributed by atoms with Crippen LogP contribution >= 0.6 is 0 Å². The van der Waals surface area contributed by atoms with E-state index >= 15 is 4.39 Å². The van der Waals surface area contributed by atoms with Gasteiger partial charge in [-0.2, -0.15) is 0 Å². The fourth-order valence-corrected chi connectivity index (χ4v) is 4.60. The molecular formula is C30H43FN2. The lowest BCUT2D eigenvalue weighted by molar-refractivity contribution is 0.296. The summed E-state index contributed by atoms with van der Waals surface area (Å²) in [6.07, 6.45) is 9.63. The quantitative estimate of drug-likeness (QED) is 0.287. The largest absolute Gasteiger partial charge is 0.351 e. The van der Waals surface area contributed by atoms with Gasteiger partial charge < -0.3 is 10.6 Å². The van der Waals surface area contributed by atoms with Crippen LogP contribution in [0.2, 0.25) is 0 Å². The van der Waals surface area contributed by atoms with E-state index in [1.807, 2.05) is 83.8 Å². The average molecular weight is 451 g/mol. The third-order valence-electron chi connectivity index (χ3n) is 7.40. The Morgan fingerprint density at radius 2 is 1.82 bits per heavy atom. The van der Waals surface area contributed by atoms with Crippen LogP contribution in [0.3, 0.4) is 0 Å². The summed E-state index contributed by atoms with van der Waals surface area (Å²) in [4.78, 5) is 2.01. The molecule has 0 heterocycles. The third kappa shape index (κ3) is 5.58. The molecule has 2 nitrogen and oxygen atoms in total. The maximum absolute atomic E-state index is 16.0. The van der Waals surface area contributed by atoms with Gasteiger partial charge in [0.15, 0.2) is 0 Å². The zero-order chi connectivity index (χ0) is 24.9. The van der Waals surface area contributed by atoms with Gasteiger partial charge >= 0.3 is 0 Å². The van der Waals surface area contributed by atoms with Crippen molar-refractivity contribution in [2.75, 3.05) is 7.05 Å². The monoisotopic (exact) mass is 450 g/mol. The van der Waals surface area contributed by atoms with E-state index in [1.54, 1.807) is 0 Å². The molecule has 1 fully saturated rings. The molecule has 0 radical (unpaired) electrons. The van der Waals surface area contributed by atoms with E-state index in [0.717, 1.165) is 58.0 Å². The Morgan fingerprint density at radius 1 is 1.18 bits per heavy atom. The van der Waals surface area contributed by atoms with Gasteiger partial charge in [-0.3, -0.25) is 0 Å². The SMILES string of the molecule is C=C(C)/C(CCC1CCC1)=C(/F)c1cc(C(N)(/C(=C/C)N(C)C(=C)C)/C(C)=C/C)ccc1C. The fraction of sp³-hybridized carbons (Fsp3) is 0.467. The summed E-state index contributed by atoms with van der Waals surface area (Å²) in [5.74, 6) is 0.556. The number of allylic oxidation sites excluding steroid dienone is 5. The minimum absolute atomic E-state index is 0.170.